The Balaban J connectivity index is 2.55. The van der Waals surface area contributed by atoms with E-state index in [9.17, 15) is 18.0 Å². The third kappa shape index (κ3) is 3.26. The van der Waals surface area contributed by atoms with Gasteiger partial charge >= 0.3 is 12.1 Å². The van der Waals surface area contributed by atoms with Gasteiger partial charge in [-0.25, -0.2) is 9.48 Å². The van der Waals surface area contributed by atoms with Gasteiger partial charge in [-0.05, 0) is 30.5 Å². The number of halogens is 3. The van der Waals surface area contributed by atoms with E-state index in [2.05, 4.69) is 10.3 Å². The van der Waals surface area contributed by atoms with Crippen LogP contribution in [-0.4, -0.2) is 26.1 Å². The van der Waals surface area contributed by atoms with Crippen molar-refractivity contribution in [2.24, 2.45) is 5.92 Å². The SMILES string of the molecule is CC(C)Cc1c(C(=O)O)nnn1-c1cccc(C(F)(F)F)c1. The van der Waals surface area contributed by atoms with Crippen LogP contribution in [-0.2, 0) is 12.6 Å². The van der Waals surface area contributed by atoms with Crippen LogP contribution in [0, 0.1) is 5.92 Å². The molecule has 8 heteroatoms. The molecule has 1 aromatic carbocycles. The van der Waals surface area contributed by atoms with Crippen molar-refractivity contribution in [3.63, 3.8) is 0 Å². The molecule has 0 saturated carbocycles. The predicted octanol–water partition coefficient (Wildman–Crippen LogP) is 3.18. The van der Waals surface area contributed by atoms with Crippen LogP contribution in [0.4, 0.5) is 13.2 Å². The first-order chi connectivity index (χ1) is 10.2. The highest BCUT2D eigenvalue weighted by Gasteiger charge is 2.31. The Morgan fingerprint density at radius 2 is 2.05 bits per heavy atom. The highest BCUT2D eigenvalue weighted by Crippen LogP contribution is 2.30. The maximum atomic E-state index is 12.8. The summed E-state index contributed by atoms with van der Waals surface area (Å²) >= 11 is 0. The molecule has 0 unspecified atom stereocenters. The van der Waals surface area contributed by atoms with Gasteiger partial charge in [-0.2, -0.15) is 13.2 Å². The van der Waals surface area contributed by atoms with E-state index in [1.165, 1.54) is 12.1 Å². The number of aromatic nitrogens is 3. The summed E-state index contributed by atoms with van der Waals surface area (Å²) in [6, 6.07) is 4.55. The monoisotopic (exact) mass is 313 g/mol. The first-order valence-corrected chi connectivity index (χ1v) is 6.55. The molecule has 1 aromatic heterocycles. The van der Waals surface area contributed by atoms with Crippen LogP contribution in [0.5, 0.6) is 0 Å². The maximum absolute atomic E-state index is 12.8. The highest BCUT2D eigenvalue weighted by atomic mass is 19.4. The fourth-order valence-corrected chi connectivity index (χ4v) is 2.06. The summed E-state index contributed by atoms with van der Waals surface area (Å²) in [5.41, 5.74) is -0.661. The number of carboxylic acid groups (broad SMARTS) is 1. The Morgan fingerprint density at radius 3 is 2.59 bits per heavy atom. The number of benzene rings is 1. The van der Waals surface area contributed by atoms with Gasteiger partial charge < -0.3 is 5.11 Å². The lowest BCUT2D eigenvalue weighted by Gasteiger charge is -2.11. The summed E-state index contributed by atoms with van der Waals surface area (Å²) in [5.74, 6) is -1.16. The lowest BCUT2D eigenvalue weighted by molar-refractivity contribution is -0.137. The van der Waals surface area contributed by atoms with E-state index in [1.54, 1.807) is 0 Å². The number of aromatic carboxylic acids is 1. The zero-order valence-corrected chi connectivity index (χ0v) is 11.9. The van der Waals surface area contributed by atoms with Crippen molar-refractivity contribution in [2.75, 3.05) is 0 Å². The first kappa shape index (κ1) is 16.0. The molecule has 0 aliphatic carbocycles. The number of alkyl halides is 3. The van der Waals surface area contributed by atoms with Gasteiger partial charge in [0, 0.05) is 0 Å². The molecule has 5 nitrogen and oxygen atoms in total. The molecule has 1 heterocycles. The van der Waals surface area contributed by atoms with Crippen molar-refractivity contribution in [3.05, 3.63) is 41.2 Å². The van der Waals surface area contributed by atoms with Crippen LogP contribution in [0.1, 0.15) is 35.6 Å². The second-order valence-electron chi connectivity index (χ2n) is 5.25. The van der Waals surface area contributed by atoms with E-state index in [4.69, 9.17) is 5.11 Å². The van der Waals surface area contributed by atoms with Crippen LogP contribution in [0.3, 0.4) is 0 Å². The molecule has 0 spiro atoms. The Bertz CT molecular complexity index is 693. The summed E-state index contributed by atoms with van der Waals surface area (Å²) in [7, 11) is 0. The fourth-order valence-electron chi connectivity index (χ4n) is 2.06. The summed E-state index contributed by atoms with van der Waals surface area (Å²) in [4.78, 5) is 11.2. The highest BCUT2D eigenvalue weighted by molar-refractivity contribution is 5.86. The smallest absolute Gasteiger partial charge is 0.416 e. The van der Waals surface area contributed by atoms with E-state index in [0.717, 1.165) is 16.8 Å². The Hall–Kier alpha value is -2.38. The van der Waals surface area contributed by atoms with Gasteiger partial charge in [0.15, 0.2) is 5.69 Å². The van der Waals surface area contributed by atoms with Gasteiger partial charge in [0.1, 0.15) is 0 Å². The molecule has 2 aromatic rings. The minimum absolute atomic E-state index is 0.0983. The van der Waals surface area contributed by atoms with Gasteiger partial charge in [-0.1, -0.05) is 25.1 Å². The average Bonchev–Trinajstić information content (AvgIpc) is 2.81. The lowest BCUT2D eigenvalue weighted by Crippen LogP contribution is -2.11. The number of carbonyl (C=O) groups is 1. The number of nitrogens with zero attached hydrogens (tertiary/aromatic N) is 3. The largest absolute Gasteiger partial charge is 0.476 e. The van der Waals surface area contributed by atoms with E-state index in [-0.39, 0.29) is 23.0 Å². The van der Waals surface area contributed by atoms with Crippen molar-refractivity contribution in [1.82, 2.24) is 15.0 Å². The second kappa shape index (κ2) is 5.78. The van der Waals surface area contributed by atoms with Crippen molar-refractivity contribution in [1.29, 1.82) is 0 Å². The van der Waals surface area contributed by atoms with Gasteiger partial charge in [-0.15, -0.1) is 5.10 Å². The molecule has 118 valence electrons. The van der Waals surface area contributed by atoms with Crippen LogP contribution in [0.25, 0.3) is 5.69 Å². The number of hydrogen-bond acceptors (Lipinski definition) is 3. The second-order valence-corrected chi connectivity index (χ2v) is 5.25. The molecule has 0 atom stereocenters. The summed E-state index contributed by atoms with van der Waals surface area (Å²) in [6.45, 7) is 3.74. The topological polar surface area (TPSA) is 68.0 Å². The normalized spacial score (nSPS) is 11.9. The Kier molecular flexibility index (Phi) is 4.20. The van der Waals surface area contributed by atoms with Crippen molar-refractivity contribution in [2.45, 2.75) is 26.4 Å². The van der Waals surface area contributed by atoms with Crippen LogP contribution >= 0.6 is 0 Å². The summed E-state index contributed by atoms with van der Waals surface area (Å²) < 4.78 is 39.5. The first-order valence-electron chi connectivity index (χ1n) is 6.55. The minimum Gasteiger partial charge on any atom is -0.476 e. The van der Waals surface area contributed by atoms with Crippen LogP contribution in [0.2, 0.25) is 0 Å². The van der Waals surface area contributed by atoms with Gasteiger partial charge in [0.25, 0.3) is 0 Å². The minimum atomic E-state index is -4.48. The molecule has 0 radical (unpaired) electrons. The van der Waals surface area contributed by atoms with Crippen LogP contribution in [0.15, 0.2) is 24.3 Å². The van der Waals surface area contributed by atoms with Gasteiger partial charge in [0.2, 0.25) is 0 Å². The zero-order valence-electron chi connectivity index (χ0n) is 11.9. The van der Waals surface area contributed by atoms with Gasteiger partial charge in [-0.3, -0.25) is 0 Å². The van der Waals surface area contributed by atoms with E-state index in [1.807, 2.05) is 13.8 Å². The standard InChI is InChI=1S/C14H14F3N3O2/c1-8(2)6-11-12(13(21)22)18-19-20(11)10-5-3-4-9(7-10)14(15,16)17/h3-5,7-8H,6H2,1-2H3,(H,21,22). The van der Waals surface area contributed by atoms with Gasteiger partial charge in [0.05, 0.1) is 16.9 Å². The lowest BCUT2D eigenvalue weighted by atomic mass is 10.1. The van der Waals surface area contributed by atoms with E-state index < -0.39 is 17.7 Å². The quantitative estimate of drug-likeness (QED) is 0.941. The summed E-state index contributed by atoms with van der Waals surface area (Å²) in [6.07, 6.45) is -4.14. The molecular weight excluding hydrogens is 299 g/mol. The Labute approximate surface area is 124 Å². The molecule has 0 aliphatic rings. The van der Waals surface area contributed by atoms with Crippen molar-refractivity contribution < 1.29 is 23.1 Å². The van der Waals surface area contributed by atoms with Crippen molar-refractivity contribution >= 4 is 5.97 Å². The van der Waals surface area contributed by atoms with Crippen LogP contribution < -0.4 is 0 Å². The molecule has 0 aliphatic heterocycles. The average molecular weight is 313 g/mol. The molecule has 0 bridgehead atoms. The molecule has 0 fully saturated rings. The third-order valence-electron chi connectivity index (χ3n) is 2.99. The maximum Gasteiger partial charge on any atom is 0.416 e. The third-order valence-corrected chi connectivity index (χ3v) is 2.99. The van der Waals surface area contributed by atoms with Crippen molar-refractivity contribution in [3.8, 4) is 5.69 Å². The zero-order chi connectivity index (χ0) is 16.5. The fraction of sp³-hybridized carbons (Fsp3) is 0.357. The molecule has 0 saturated heterocycles. The number of hydrogen-bond donors (Lipinski definition) is 1. The molecule has 22 heavy (non-hydrogen) atoms. The van der Waals surface area contributed by atoms with E-state index >= 15 is 0 Å². The molecule has 0 amide bonds. The predicted molar refractivity (Wildman–Crippen MR) is 71.9 cm³/mol. The molecule has 2 rings (SSSR count). The molecular formula is C14H14F3N3O2. The molecule has 1 N–H and O–H groups in total. The van der Waals surface area contributed by atoms with E-state index in [0.29, 0.717) is 6.42 Å². The Morgan fingerprint density at radius 1 is 1.36 bits per heavy atom. The number of rotatable bonds is 4. The summed E-state index contributed by atoms with van der Waals surface area (Å²) in [5, 5.41) is 16.4. The number of carboxylic acids is 1.